The molecule has 1 aromatic heterocycles. The molecular weight excluding hydrogens is 268 g/mol. The largest absolute Gasteiger partial charge is 0.365 e. The Morgan fingerprint density at radius 1 is 1.42 bits per heavy atom. The highest BCUT2D eigenvalue weighted by molar-refractivity contribution is 6.31. The van der Waals surface area contributed by atoms with Gasteiger partial charge in [0.1, 0.15) is 11.4 Å². The number of aryl methyl sites for hydroxylation is 1. The van der Waals surface area contributed by atoms with E-state index in [1.807, 2.05) is 0 Å². The number of benzene rings is 1. The van der Waals surface area contributed by atoms with E-state index in [1.165, 1.54) is 16.9 Å². The Kier molecular flexibility index (Phi) is 3.52. The van der Waals surface area contributed by atoms with Crippen molar-refractivity contribution < 1.29 is 9.59 Å². The van der Waals surface area contributed by atoms with Crippen molar-refractivity contribution in [3.8, 4) is 0 Å². The van der Waals surface area contributed by atoms with E-state index in [0.29, 0.717) is 10.6 Å². The lowest BCUT2D eigenvalue weighted by Crippen LogP contribution is -2.19. The van der Waals surface area contributed by atoms with Crippen LogP contribution in [0.5, 0.6) is 0 Å². The third-order valence-corrected chi connectivity index (χ3v) is 2.76. The zero-order valence-electron chi connectivity index (χ0n) is 10.1. The monoisotopic (exact) mass is 278 g/mol. The van der Waals surface area contributed by atoms with Crippen LogP contribution in [-0.2, 0) is 7.05 Å². The maximum absolute atomic E-state index is 12.0. The molecule has 2 aromatic rings. The van der Waals surface area contributed by atoms with E-state index in [2.05, 4.69) is 10.4 Å². The number of carbonyl (C=O) groups excluding carboxylic acids is 2. The number of halogens is 1. The Labute approximate surface area is 114 Å². The van der Waals surface area contributed by atoms with Crippen LogP contribution in [0.4, 0.5) is 5.82 Å². The van der Waals surface area contributed by atoms with E-state index in [-0.39, 0.29) is 11.4 Å². The molecule has 7 heteroatoms. The minimum atomic E-state index is -0.658. The van der Waals surface area contributed by atoms with Crippen molar-refractivity contribution in [3.05, 3.63) is 46.6 Å². The van der Waals surface area contributed by atoms with Gasteiger partial charge in [-0.05, 0) is 18.2 Å². The van der Waals surface area contributed by atoms with Crippen molar-refractivity contribution >= 4 is 29.2 Å². The first-order valence-corrected chi connectivity index (χ1v) is 5.75. The minimum absolute atomic E-state index is 0.151. The number of carbonyl (C=O) groups is 2. The molecule has 3 N–H and O–H groups in total. The smallest absolute Gasteiger partial charge is 0.256 e. The average molecular weight is 279 g/mol. The topological polar surface area (TPSA) is 90.0 Å². The molecule has 0 aliphatic heterocycles. The number of rotatable bonds is 3. The lowest BCUT2D eigenvalue weighted by molar-refractivity contribution is 0.100. The summed E-state index contributed by atoms with van der Waals surface area (Å²) in [6.07, 6.45) is 1.30. The number of aromatic nitrogens is 2. The van der Waals surface area contributed by atoms with Gasteiger partial charge in [0.25, 0.3) is 11.8 Å². The second kappa shape index (κ2) is 5.11. The first-order chi connectivity index (χ1) is 8.99. The predicted molar refractivity (Wildman–Crippen MR) is 71.1 cm³/mol. The fourth-order valence-electron chi connectivity index (χ4n) is 1.58. The van der Waals surface area contributed by atoms with E-state index < -0.39 is 11.8 Å². The molecule has 6 nitrogen and oxygen atoms in total. The van der Waals surface area contributed by atoms with Gasteiger partial charge in [-0.1, -0.05) is 17.7 Å². The molecule has 0 saturated carbocycles. The lowest BCUT2D eigenvalue weighted by Gasteiger charge is -2.07. The highest BCUT2D eigenvalue weighted by Gasteiger charge is 2.16. The average Bonchev–Trinajstić information content (AvgIpc) is 2.71. The Morgan fingerprint density at radius 2 is 2.16 bits per heavy atom. The standard InChI is InChI=1S/C12H11ClN4O2/c1-17-11(9(6-15-17)10(14)18)16-12(19)7-3-2-4-8(13)5-7/h2-6H,1H3,(H2,14,18)(H,16,19). The number of hydrogen-bond acceptors (Lipinski definition) is 3. The van der Waals surface area contributed by atoms with Crippen molar-refractivity contribution in [3.63, 3.8) is 0 Å². The maximum atomic E-state index is 12.0. The van der Waals surface area contributed by atoms with Crippen LogP contribution in [0, 0.1) is 0 Å². The van der Waals surface area contributed by atoms with E-state index in [9.17, 15) is 9.59 Å². The first-order valence-electron chi connectivity index (χ1n) is 5.37. The van der Waals surface area contributed by atoms with Crippen LogP contribution in [0.3, 0.4) is 0 Å². The molecule has 0 spiro atoms. The molecule has 0 saturated heterocycles. The minimum Gasteiger partial charge on any atom is -0.365 e. The van der Waals surface area contributed by atoms with E-state index in [4.69, 9.17) is 17.3 Å². The van der Waals surface area contributed by atoms with Crippen LogP contribution >= 0.6 is 11.6 Å². The van der Waals surface area contributed by atoms with Gasteiger partial charge in [-0.3, -0.25) is 14.3 Å². The van der Waals surface area contributed by atoms with Gasteiger partial charge in [-0.2, -0.15) is 5.10 Å². The summed E-state index contributed by atoms with van der Waals surface area (Å²) in [5.41, 5.74) is 5.73. The molecule has 98 valence electrons. The molecule has 1 heterocycles. The van der Waals surface area contributed by atoms with E-state index in [1.54, 1.807) is 25.2 Å². The van der Waals surface area contributed by atoms with Gasteiger partial charge < -0.3 is 11.1 Å². The molecule has 0 radical (unpaired) electrons. The first kappa shape index (κ1) is 13.1. The molecule has 2 amide bonds. The number of anilines is 1. The van der Waals surface area contributed by atoms with E-state index >= 15 is 0 Å². The zero-order chi connectivity index (χ0) is 14.0. The van der Waals surface area contributed by atoms with Gasteiger partial charge in [0.15, 0.2) is 0 Å². The Hall–Kier alpha value is -2.34. The van der Waals surface area contributed by atoms with Crippen molar-refractivity contribution in [2.24, 2.45) is 12.8 Å². The fraction of sp³-hybridized carbons (Fsp3) is 0.0833. The highest BCUT2D eigenvalue weighted by atomic mass is 35.5. The van der Waals surface area contributed by atoms with Crippen LogP contribution in [-0.4, -0.2) is 21.6 Å². The number of hydrogen-bond donors (Lipinski definition) is 2. The summed E-state index contributed by atoms with van der Waals surface area (Å²) in [5.74, 6) is -0.805. The van der Waals surface area contributed by atoms with Crippen LogP contribution in [0.1, 0.15) is 20.7 Å². The van der Waals surface area contributed by atoms with E-state index in [0.717, 1.165) is 0 Å². The molecule has 0 aliphatic rings. The van der Waals surface area contributed by atoms with Crippen molar-refractivity contribution in [1.29, 1.82) is 0 Å². The molecule has 0 unspecified atom stereocenters. The summed E-state index contributed by atoms with van der Waals surface area (Å²) in [4.78, 5) is 23.2. The number of nitrogens with zero attached hydrogens (tertiary/aromatic N) is 2. The summed E-state index contributed by atoms with van der Waals surface area (Å²) < 4.78 is 1.36. The summed E-state index contributed by atoms with van der Waals surface area (Å²) in [6, 6.07) is 6.46. The summed E-state index contributed by atoms with van der Waals surface area (Å²) >= 11 is 5.81. The van der Waals surface area contributed by atoms with Crippen LogP contribution < -0.4 is 11.1 Å². The third-order valence-electron chi connectivity index (χ3n) is 2.52. The molecule has 2 rings (SSSR count). The van der Waals surface area contributed by atoms with Gasteiger partial charge in [-0.25, -0.2) is 0 Å². The third kappa shape index (κ3) is 2.74. The molecule has 1 aromatic carbocycles. The summed E-state index contributed by atoms with van der Waals surface area (Å²) in [7, 11) is 1.60. The molecule has 0 aliphatic carbocycles. The second-order valence-corrected chi connectivity index (χ2v) is 4.30. The highest BCUT2D eigenvalue weighted by Crippen LogP contribution is 2.16. The van der Waals surface area contributed by atoms with Gasteiger partial charge >= 0.3 is 0 Å². The molecule has 0 atom stereocenters. The van der Waals surface area contributed by atoms with Crippen LogP contribution in [0.25, 0.3) is 0 Å². The fourth-order valence-corrected chi connectivity index (χ4v) is 1.77. The summed E-state index contributed by atoms with van der Waals surface area (Å²) in [6.45, 7) is 0. The predicted octanol–water partition coefficient (Wildman–Crippen LogP) is 1.42. The molecule has 0 fully saturated rings. The van der Waals surface area contributed by atoms with Crippen molar-refractivity contribution in [2.45, 2.75) is 0 Å². The van der Waals surface area contributed by atoms with Crippen LogP contribution in [0.2, 0.25) is 5.02 Å². The Morgan fingerprint density at radius 3 is 2.79 bits per heavy atom. The number of primary amides is 1. The van der Waals surface area contributed by atoms with Gasteiger partial charge in [0.2, 0.25) is 0 Å². The molecule has 19 heavy (non-hydrogen) atoms. The SMILES string of the molecule is Cn1ncc(C(N)=O)c1NC(=O)c1cccc(Cl)c1. The quantitative estimate of drug-likeness (QED) is 0.890. The lowest BCUT2D eigenvalue weighted by atomic mass is 10.2. The number of nitrogens with two attached hydrogens (primary N) is 1. The normalized spacial score (nSPS) is 10.2. The number of amides is 2. The molecular formula is C12H11ClN4O2. The van der Waals surface area contributed by atoms with Crippen molar-refractivity contribution in [1.82, 2.24) is 9.78 Å². The van der Waals surface area contributed by atoms with Gasteiger partial charge in [-0.15, -0.1) is 0 Å². The molecule has 0 bridgehead atoms. The van der Waals surface area contributed by atoms with Gasteiger partial charge in [0.05, 0.1) is 6.20 Å². The second-order valence-electron chi connectivity index (χ2n) is 3.86. The summed E-state index contributed by atoms with van der Waals surface area (Å²) in [5, 5.41) is 6.91. The Bertz CT molecular complexity index is 651. The van der Waals surface area contributed by atoms with Crippen LogP contribution in [0.15, 0.2) is 30.5 Å². The van der Waals surface area contributed by atoms with Crippen molar-refractivity contribution in [2.75, 3.05) is 5.32 Å². The maximum Gasteiger partial charge on any atom is 0.256 e. The Balaban J connectivity index is 2.29. The zero-order valence-corrected chi connectivity index (χ0v) is 10.8. The van der Waals surface area contributed by atoms with Gasteiger partial charge in [0, 0.05) is 17.6 Å². The number of nitrogens with one attached hydrogen (secondary N) is 1.